The van der Waals surface area contributed by atoms with Crippen molar-refractivity contribution >= 4 is 9.84 Å². The normalized spacial score (nSPS) is 13.1. The molecule has 4 rings (SSSR count). The van der Waals surface area contributed by atoms with E-state index in [0.717, 1.165) is 29.0 Å². The molecule has 1 aliphatic heterocycles. The van der Waals surface area contributed by atoms with E-state index in [-0.39, 0.29) is 17.3 Å². The van der Waals surface area contributed by atoms with Crippen LogP contribution in [0.15, 0.2) is 47.4 Å². The van der Waals surface area contributed by atoms with Gasteiger partial charge in [-0.2, -0.15) is 0 Å². The van der Waals surface area contributed by atoms with Gasteiger partial charge < -0.3 is 4.74 Å². The van der Waals surface area contributed by atoms with Crippen LogP contribution in [0.1, 0.15) is 11.5 Å². The SMILES string of the molecule is Cc1nc2n(c1-c1ccc(F)cc1)-c1ccc(S(C)(=O)=O)cc1OC2. The van der Waals surface area contributed by atoms with Gasteiger partial charge in [-0.05, 0) is 43.3 Å². The molecule has 0 N–H and O–H groups in total. The first-order chi connectivity index (χ1) is 11.8. The largest absolute Gasteiger partial charge is 0.483 e. The van der Waals surface area contributed by atoms with Crippen LogP contribution in [-0.2, 0) is 16.4 Å². The van der Waals surface area contributed by atoms with Crippen LogP contribution < -0.4 is 4.74 Å². The molecule has 1 aliphatic rings. The zero-order chi connectivity index (χ0) is 17.8. The first-order valence-electron chi connectivity index (χ1n) is 7.66. The molecule has 0 aliphatic carbocycles. The number of sulfone groups is 1. The van der Waals surface area contributed by atoms with Crippen molar-refractivity contribution in [2.75, 3.05) is 6.26 Å². The van der Waals surface area contributed by atoms with Crippen molar-refractivity contribution in [3.05, 3.63) is 59.8 Å². The van der Waals surface area contributed by atoms with Crippen LogP contribution in [0.4, 0.5) is 4.39 Å². The average molecular weight is 358 g/mol. The van der Waals surface area contributed by atoms with Crippen molar-refractivity contribution in [2.24, 2.45) is 0 Å². The molecule has 1 aromatic heterocycles. The molecule has 5 nitrogen and oxygen atoms in total. The summed E-state index contributed by atoms with van der Waals surface area (Å²) in [4.78, 5) is 4.75. The summed E-state index contributed by atoms with van der Waals surface area (Å²) in [6.45, 7) is 2.12. The molecule has 0 bridgehead atoms. The zero-order valence-corrected chi connectivity index (χ0v) is 14.5. The Bertz CT molecular complexity index is 1090. The lowest BCUT2D eigenvalue weighted by molar-refractivity contribution is 0.279. The Hall–Kier alpha value is -2.67. The zero-order valence-electron chi connectivity index (χ0n) is 13.7. The van der Waals surface area contributed by atoms with Gasteiger partial charge >= 0.3 is 0 Å². The van der Waals surface area contributed by atoms with Crippen LogP contribution in [0.25, 0.3) is 16.9 Å². The van der Waals surface area contributed by atoms with Crippen molar-refractivity contribution < 1.29 is 17.5 Å². The lowest BCUT2D eigenvalue weighted by Gasteiger charge is -2.22. The molecule has 3 aromatic rings. The molecule has 0 unspecified atom stereocenters. The van der Waals surface area contributed by atoms with Crippen LogP contribution in [0.5, 0.6) is 5.75 Å². The highest BCUT2D eigenvalue weighted by molar-refractivity contribution is 7.90. The van der Waals surface area contributed by atoms with E-state index in [9.17, 15) is 12.8 Å². The summed E-state index contributed by atoms with van der Waals surface area (Å²) in [5.41, 5.74) is 3.18. The monoisotopic (exact) mass is 358 g/mol. The number of rotatable bonds is 2. The smallest absolute Gasteiger partial charge is 0.175 e. The number of imidazole rings is 1. The van der Waals surface area contributed by atoms with Crippen molar-refractivity contribution in [3.8, 4) is 22.7 Å². The van der Waals surface area contributed by atoms with Crippen LogP contribution in [0, 0.1) is 12.7 Å². The van der Waals surface area contributed by atoms with Gasteiger partial charge in [-0.3, -0.25) is 4.57 Å². The van der Waals surface area contributed by atoms with E-state index in [1.807, 2.05) is 11.5 Å². The highest BCUT2D eigenvalue weighted by Crippen LogP contribution is 2.37. The summed E-state index contributed by atoms with van der Waals surface area (Å²) in [7, 11) is -3.32. The topological polar surface area (TPSA) is 61.2 Å². The highest BCUT2D eigenvalue weighted by Gasteiger charge is 2.25. The van der Waals surface area contributed by atoms with E-state index in [1.54, 1.807) is 24.3 Å². The Morgan fingerprint density at radius 2 is 1.88 bits per heavy atom. The first-order valence-corrected chi connectivity index (χ1v) is 9.55. The molecule has 0 saturated heterocycles. The lowest BCUT2D eigenvalue weighted by Crippen LogP contribution is -2.14. The van der Waals surface area contributed by atoms with E-state index >= 15 is 0 Å². The Morgan fingerprint density at radius 3 is 2.56 bits per heavy atom. The van der Waals surface area contributed by atoms with Crippen LogP contribution >= 0.6 is 0 Å². The second kappa shape index (κ2) is 5.42. The molecule has 0 fully saturated rings. The minimum atomic E-state index is -3.32. The molecular weight excluding hydrogens is 343 g/mol. The van der Waals surface area contributed by atoms with Crippen LogP contribution in [0.3, 0.4) is 0 Å². The fourth-order valence-corrected chi connectivity index (χ4v) is 3.69. The Labute approximate surface area is 144 Å². The number of benzene rings is 2. The van der Waals surface area contributed by atoms with Crippen molar-refractivity contribution in [2.45, 2.75) is 18.4 Å². The lowest BCUT2D eigenvalue weighted by atomic mass is 10.1. The predicted octanol–water partition coefficient (Wildman–Crippen LogP) is 3.28. The third-order valence-corrected chi connectivity index (χ3v) is 5.31. The fourth-order valence-electron chi connectivity index (χ4n) is 3.06. The summed E-state index contributed by atoms with van der Waals surface area (Å²) in [5, 5.41) is 0. The maximum Gasteiger partial charge on any atom is 0.175 e. The van der Waals surface area contributed by atoms with E-state index in [4.69, 9.17) is 4.74 Å². The van der Waals surface area contributed by atoms with Gasteiger partial charge in [0.25, 0.3) is 0 Å². The van der Waals surface area contributed by atoms with E-state index in [0.29, 0.717) is 11.4 Å². The van der Waals surface area contributed by atoms with Gasteiger partial charge in [-0.15, -0.1) is 0 Å². The minimum Gasteiger partial charge on any atom is -0.483 e. The summed E-state index contributed by atoms with van der Waals surface area (Å²) >= 11 is 0. The van der Waals surface area contributed by atoms with E-state index in [2.05, 4.69) is 4.98 Å². The summed E-state index contributed by atoms with van der Waals surface area (Å²) in [5.74, 6) is 0.897. The maximum absolute atomic E-state index is 13.3. The predicted molar refractivity (Wildman–Crippen MR) is 91.1 cm³/mol. The number of hydrogen-bond acceptors (Lipinski definition) is 4. The van der Waals surface area contributed by atoms with Gasteiger partial charge in [0, 0.05) is 17.9 Å². The molecule has 7 heteroatoms. The van der Waals surface area contributed by atoms with Gasteiger partial charge in [0.05, 0.1) is 22.0 Å². The molecule has 0 saturated carbocycles. The van der Waals surface area contributed by atoms with Gasteiger partial charge in [0.2, 0.25) is 0 Å². The third kappa shape index (κ3) is 2.60. The number of halogens is 1. The van der Waals surface area contributed by atoms with Crippen molar-refractivity contribution in [3.63, 3.8) is 0 Å². The van der Waals surface area contributed by atoms with E-state index < -0.39 is 9.84 Å². The quantitative estimate of drug-likeness (QED) is 0.705. The molecule has 0 radical (unpaired) electrons. The number of ether oxygens (including phenoxy) is 1. The van der Waals surface area contributed by atoms with Gasteiger partial charge in [0.1, 0.15) is 18.2 Å². The van der Waals surface area contributed by atoms with Gasteiger partial charge in [0.15, 0.2) is 15.7 Å². The Balaban J connectivity index is 1.94. The highest BCUT2D eigenvalue weighted by atomic mass is 32.2. The molecule has 25 heavy (non-hydrogen) atoms. The molecule has 2 aromatic carbocycles. The fraction of sp³-hybridized carbons (Fsp3) is 0.167. The number of fused-ring (bicyclic) bond motifs is 3. The summed E-state index contributed by atoms with van der Waals surface area (Å²) in [6.07, 6.45) is 1.16. The molecule has 0 atom stereocenters. The number of nitrogens with zero attached hydrogens (tertiary/aromatic N) is 2. The maximum atomic E-state index is 13.3. The number of hydrogen-bond donors (Lipinski definition) is 0. The molecular formula is C18H15FN2O3S. The molecule has 0 amide bonds. The van der Waals surface area contributed by atoms with E-state index in [1.165, 1.54) is 18.2 Å². The first kappa shape index (κ1) is 15.8. The second-order valence-electron chi connectivity index (χ2n) is 5.99. The average Bonchev–Trinajstić information content (AvgIpc) is 2.90. The summed E-state index contributed by atoms with van der Waals surface area (Å²) in [6, 6.07) is 11.0. The van der Waals surface area contributed by atoms with Crippen LogP contribution in [-0.4, -0.2) is 24.2 Å². The van der Waals surface area contributed by atoms with Gasteiger partial charge in [-0.25, -0.2) is 17.8 Å². The molecule has 2 heterocycles. The second-order valence-corrected chi connectivity index (χ2v) is 8.01. The minimum absolute atomic E-state index is 0.204. The number of aryl methyl sites for hydroxylation is 1. The Kier molecular flexibility index (Phi) is 3.43. The van der Waals surface area contributed by atoms with Crippen LogP contribution in [0.2, 0.25) is 0 Å². The van der Waals surface area contributed by atoms with Crippen molar-refractivity contribution in [1.82, 2.24) is 9.55 Å². The summed E-state index contributed by atoms with van der Waals surface area (Å²) < 4.78 is 44.5. The standard InChI is InChI=1S/C18H15FN2O3S/c1-11-18(12-3-5-13(19)6-4-12)21-15-8-7-14(25(2,22)23)9-16(15)24-10-17(21)20-11/h3-9H,10H2,1-2H3. The molecule has 128 valence electrons. The number of aromatic nitrogens is 2. The molecule has 0 spiro atoms. The Morgan fingerprint density at radius 1 is 1.16 bits per heavy atom. The van der Waals surface area contributed by atoms with Gasteiger partial charge in [-0.1, -0.05) is 0 Å². The third-order valence-electron chi connectivity index (χ3n) is 4.20. The van der Waals surface area contributed by atoms with Crippen molar-refractivity contribution in [1.29, 1.82) is 0 Å².